The van der Waals surface area contributed by atoms with Gasteiger partial charge in [0.05, 0.1) is 18.6 Å². The van der Waals surface area contributed by atoms with Crippen LogP contribution in [0.25, 0.3) is 5.69 Å². The topological polar surface area (TPSA) is 100 Å². The second-order valence-corrected chi connectivity index (χ2v) is 9.67. The van der Waals surface area contributed by atoms with E-state index in [-0.39, 0.29) is 5.92 Å². The standard InChI is InChI=1S/C17H24N4O3S2/c1-24-15-4-2-14(3-5-15)21-16(6-9-18)19-20-17(21)25-10-7-13-8-11-26(22,23)12-13/h2-5,13H,6-12,18H2,1H3/t13-/m1/s1. The molecule has 0 spiro atoms. The molecular formula is C17H24N4O3S2. The van der Waals surface area contributed by atoms with Gasteiger partial charge in [0.1, 0.15) is 11.6 Å². The zero-order valence-corrected chi connectivity index (χ0v) is 16.4. The summed E-state index contributed by atoms with van der Waals surface area (Å²) >= 11 is 1.61. The molecule has 3 rings (SSSR count). The Bertz CT molecular complexity index is 834. The number of nitrogens with zero attached hydrogens (tertiary/aromatic N) is 3. The van der Waals surface area contributed by atoms with Gasteiger partial charge >= 0.3 is 0 Å². The number of rotatable bonds is 8. The Morgan fingerprint density at radius 2 is 2.08 bits per heavy atom. The van der Waals surface area contributed by atoms with Crippen LogP contribution in [0.1, 0.15) is 18.7 Å². The number of aromatic nitrogens is 3. The molecule has 0 saturated carbocycles. The first-order valence-corrected chi connectivity index (χ1v) is 11.4. The second kappa shape index (κ2) is 8.41. The van der Waals surface area contributed by atoms with E-state index in [4.69, 9.17) is 10.5 Å². The van der Waals surface area contributed by atoms with Crippen LogP contribution in [0.5, 0.6) is 5.75 Å². The molecule has 0 aliphatic carbocycles. The Kier molecular flexibility index (Phi) is 6.20. The Morgan fingerprint density at radius 1 is 1.31 bits per heavy atom. The second-order valence-electron chi connectivity index (χ2n) is 6.38. The minimum atomic E-state index is -2.82. The summed E-state index contributed by atoms with van der Waals surface area (Å²) in [5, 5.41) is 9.41. The van der Waals surface area contributed by atoms with Gasteiger partial charge in [-0.3, -0.25) is 4.57 Å². The average Bonchev–Trinajstić information content (AvgIpc) is 3.18. The van der Waals surface area contributed by atoms with Gasteiger partial charge in [-0.25, -0.2) is 8.42 Å². The highest BCUT2D eigenvalue weighted by atomic mass is 32.2. The molecule has 1 aliphatic rings. The quantitative estimate of drug-likeness (QED) is 0.678. The van der Waals surface area contributed by atoms with Crippen molar-refractivity contribution in [1.82, 2.24) is 14.8 Å². The molecule has 26 heavy (non-hydrogen) atoms. The lowest BCUT2D eigenvalue weighted by Gasteiger charge is -2.11. The van der Waals surface area contributed by atoms with Crippen LogP contribution in [0, 0.1) is 5.92 Å². The molecule has 0 amide bonds. The van der Waals surface area contributed by atoms with Gasteiger partial charge in [-0.2, -0.15) is 0 Å². The summed E-state index contributed by atoms with van der Waals surface area (Å²) in [5.41, 5.74) is 6.67. The summed E-state index contributed by atoms with van der Waals surface area (Å²) in [7, 11) is -1.18. The molecule has 2 aromatic rings. The largest absolute Gasteiger partial charge is 0.497 e. The Balaban J connectivity index is 1.72. The maximum absolute atomic E-state index is 11.6. The van der Waals surface area contributed by atoms with Crippen LogP contribution < -0.4 is 10.5 Å². The van der Waals surface area contributed by atoms with Crippen LogP contribution in [0.4, 0.5) is 0 Å². The minimum absolute atomic E-state index is 0.258. The van der Waals surface area contributed by atoms with E-state index in [1.54, 1.807) is 18.9 Å². The van der Waals surface area contributed by atoms with E-state index in [1.165, 1.54) is 0 Å². The number of hydrogen-bond acceptors (Lipinski definition) is 7. The molecule has 1 atom stereocenters. The molecule has 1 fully saturated rings. The van der Waals surface area contributed by atoms with Gasteiger partial charge in [-0.05, 0) is 49.6 Å². The summed E-state index contributed by atoms with van der Waals surface area (Å²) in [6.07, 6.45) is 2.28. The molecule has 0 unspecified atom stereocenters. The van der Waals surface area contributed by atoms with Gasteiger partial charge in [0.15, 0.2) is 15.0 Å². The van der Waals surface area contributed by atoms with Crippen molar-refractivity contribution in [2.45, 2.75) is 24.4 Å². The minimum Gasteiger partial charge on any atom is -0.497 e. The Labute approximate surface area is 158 Å². The van der Waals surface area contributed by atoms with E-state index in [1.807, 2.05) is 28.8 Å². The van der Waals surface area contributed by atoms with Crippen molar-refractivity contribution in [1.29, 1.82) is 0 Å². The van der Waals surface area contributed by atoms with E-state index in [0.29, 0.717) is 24.5 Å². The first kappa shape index (κ1) is 19.2. The van der Waals surface area contributed by atoms with Crippen LogP contribution in [0.2, 0.25) is 0 Å². The zero-order chi connectivity index (χ0) is 18.6. The van der Waals surface area contributed by atoms with E-state index in [9.17, 15) is 8.42 Å². The fourth-order valence-corrected chi connectivity index (χ4v) is 6.07. The summed E-state index contributed by atoms with van der Waals surface area (Å²) < 4.78 is 30.4. The summed E-state index contributed by atoms with van der Waals surface area (Å²) in [5.74, 6) is 3.33. The SMILES string of the molecule is COc1ccc(-n2c(CCN)nnc2SCC[C@@H]2CCS(=O)(=O)C2)cc1. The molecular weight excluding hydrogens is 372 g/mol. The number of thioether (sulfide) groups is 1. The summed E-state index contributed by atoms with van der Waals surface area (Å²) in [4.78, 5) is 0. The molecule has 1 aromatic carbocycles. The maximum Gasteiger partial charge on any atom is 0.195 e. The lowest BCUT2D eigenvalue weighted by Crippen LogP contribution is -2.10. The molecule has 0 bridgehead atoms. The first-order chi connectivity index (χ1) is 12.5. The molecule has 2 heterocycles. The fraction of sp³-hybridized carbons (Fsp3) is 0.529. The molecule has 1 aromatic heterocycles. The Morgan fingerprint density at radius 3 is 2.69 bits per heavy atom. The van der Waals surface area contributed by atoms with Crippen LogP contribution in [-0.2, 0) is 16.3 Å². The Hall–Kier alpha value is -1.58. The number of nitrogens with two attached hydrogens (primary N) is 1. The molecule has 1 saturated heterocycles. The van der Waals surface area contributed by atoms with Crippen LogP contribution in [0.15, 0.2) is 29.4 Å². The van der Waals surface area contributed by atoms with Crippen molar-refractivity contribution in [3.05, 3.63) is 30.1 Å². The van der Waals surface area contributed by atoms with Crippen molar-refractivity contribution in [2.24, 2.45) is 11.7 Å². The fourth-order valence-electron chi connectivity index (χ4n) is 3.09. The normalized spacial score (nSPS) is 18.9. The number of hydrogen-bond donors (Lipinski definition) is 1. The smallest absolute Gasteiger partial charge is 0.195 e. The van der Waals surface area contributed by atoms with Gasteiger partial charge < -0.3 is 10.5 Å². The van der Waals surface area contributed by atoms with E-state index in [2.05, 4.69) is 10.2 Å². The van der Waals surface area contributed by atoms with Crippen LogP contribution >= 0.6 is 11.8 Å². The van der Waals surface area contributed by atoms with Crippen molar-refractivity contribution in [2.75, 3.05) is 30.9 Å². The van der Waals surface area contributed by atoms with E-state index >= 15 is 0 Å². The number of sulfone groups is 1. The van der Waals surface area contributed by atoms with Crippen molar-refractivity contribution >= 4 is 21.6 Å². The van der Waals surface area contributed by atoms with E-state index in [0.717, 1.165) is 41.0 Å². The van der Waals surface area contributed by atoms with Gasteiger partial charge in [0.25, 0.3) is 0 Å². The molecule has 142 valence electrons. The molecule has 9 heteroatoms. The third-order valence-corrected chi connectivity index (χ3v) is 7.28. The summed E-state index contributed by atoms with van der Waals surface area (Å²) in [6, 6.07) is 7.74. The van der Waals surface area contributed by atoms with Gasteiger partial charge in [-0.1, -0.05) is 11.8 Å². The zero-order valence-electron chi connectivity index (χ0n) is 14.8. The van der Waals surface area contributed by atoms with Gasteiger partial charge in [-0.15, -0.1) is 10.2 Å². The van der Waals surface area contributed by atoms with Crippen LogP contribution in [-0.4, -0.2) is 54.1 Å². The van der Waals surface area contributed by atoms with Crippen LogP contribution in [0.3, 0.4) is 0 Å². The number of benzene rings is 1. The predicted octanol–water partition coefficient (Wildman–Crippen LogP) is 1.69. The number of methoxy groups -OCH3 is 1. The average molecular weight is 397 g/mol. The molecule has 2 N–H and O–H groups in total. The molecule has 7 nitrogen and oxygen atoms in total. The number of ether oxygens (including phenoxy) is 1. The first-order valence-electron chi connectivity index (χ1n) is 8.64. The monoisotopic (exact) mass is 396 g/mol. The lowest BCUT2D eigenvalue weighted by molar-refractivity contribution is 0.414. The van der Waals surface area contributed by atoms with Crippen molar-refractivity contribution in [3.8, 4) is 11.4 Å². The molecule has 1 aliphatic heterocycles. The summed E-state index contributed by atoms with van der Waals surface area (Å²) in [6.45, 7) is 0.499. The third-order valence-electron chi connectivity index (χ3n) is 4.48. The highest BCUT2D eigenvalue weighted by Crippen LogP contribution is 2.28. The van der Waals surface area contributed by atoms with Crippen molar-refractivity contribution < 1.29 is 13.2 Å². The maximum atomic E-state index is 11.6. The van der Waals surface area contributed by atoms with Crippen molar-refractivity contribution in [3.63, 3.8) is 0 Å². The van der Waals surface area contributed by atoms with Gasteiger partial charge in [0.2, 0.25) is 0 Å². The molecule has 0 radical (unpaired) electrons. The highest BCUT2D eigenvalue weighted by Gasteiger charge is 2.27. The third kappa shape index (κ3) is 4.57. The highest BCUT2D eigenvalue weighted by molar-refractivity contribution is 7.99. The lowest BCUT2D eigenvalue weighted by atomic mass is 10.1. The van der Waals surface area contributed by atoms with Gasteiger partial charge in [0, 0.05) is 17.9 Å². The predicted molar refractivity (Wildman–Crippen MR) is 103 cm³/mol. The van der Waals surface area contributed by atoms with E-state index < -0.39 is 9.84 Å².